The van der Waals surface area contributed by atoms with Gasteiger partial charge >= 0.3 is 0 Å². The molecule has 0 saturated heterocycles. The van der Waals surface area contributed by atoms with Crippen LogP contribution in [0.1, 0.15) is 27.7 Å². The van der Waals surface area contributed by atoms with Gasteiger partial charge in [-0.1, -0.05) is 12.1 Å². The van der Waals surface area contributed by atoms with E-state index in [2.05, 4.69) is 20.7 Å². The number of nitrogens with one attached hydrogen (secondary N) is 1. The summed E-state index contributed by atoms with van der Waals surface area (Å²) >= 11 is 6.69. The predicted molar refractivity (Wildman–Crippen MR) is 91.0 cm³/mol. The SMILES string of the molecule is Cc1oc(C(=O)Nc2nc(CCl)ns2)cc1-c1cccc(C#N)c1. The Morgan fingerprint density at radius 1 is 1.46 bits per heavy atom. The summed E-state index contributed by atoms with van der Waals surface area (Å²) in [6.07, 6.45) is 0. The van der Waals surface area contributed by atoms with Crippen LogP contribution in [0, 0.1) is 18.3 Å². The first-order valence-electron chi connectivity index (χ1n) is 6.91. The molecule has 0 saturated carbocycles. The van der Waals surface area contributed by atoms with Gasteiger partial charge in [0.15, 0.2) is 11.6 Å². The number of nitrogens with zero attached hydrogens (tertiary/aromatic N) is 3. The maximum atomic E-state index is 12.3. The number of halogens is 1. The molecular formula is C16H11ClN4O2S. The molecule has 1 aromatic carbocycles. The van der Waals surface area contributed by atoms with E-state index in [0.717, 1.165) is 22.7 Å². The van der Waals surface area contributed by atoms with Gasteiger partial charge in [0.25, 0.3) is 5.91 Å². The van der Waals surface area contributed by atoms with E-state index < -0.39 is 5.91 Å². The number of rotatable bonds is 4. The van der Waals surface area contributed by atoms with E-state index in [0.29, 0.717) is 22.3 Å². The Balaban J connectivity index is 1.85. The molecule has 1 N–H and O–H groups in total. The van der Waals surface area contributed by atoms with Crippen LogP contribution in [0.2, 0.25) is 0 Å². The van der Waals surface area contributed by atoms with Crippen LogP contribution in [0.25, 0.3) is 11.1 Å². The molecule has 0 aliphatic heterocycles. The summed E-state index contributed by atoms with van der Waals surface area (Å²) in [5.74, 6) is 0.979. The van der Waals surface area contributed by atoms with Crippen LogP contribution in [-0.2, 0) is 5.88 Å². The Morgan fingerprint density at radius 2 is 2.29 bits per heavy atom. The molecule has 3 rings (SSSR count). The highest BCUT2D eigenvalue weighted by molar-refractivity contribution is 7.09. The summed E-state index contributed by atoms with van der Waals surface area (Å²) in [6, 6.07) is 10.8. The van der Waals surface area contributed by atoms with Crippen molar-refractivity contribution in [3.8, 4) is 17.2 Å². The zero-order valence-corrected chi connectivity index (χ0v) is 14.1. The van der Waals surface area contributed by atoms with E-state index in [1.165, 1.54) is 0 Å². The Hall–Kier alpha value is -2.69. The Labute approximate surface area is 146 Å². The molecule has 0 atom stereocenters. The highest BCUT2D eigenvalue weighted by Crippen LogP contribution is 2.28. The van der Waals surface area contributed by atoms with Crippen molar-refractivity contribution in [3.63, 3.8) is 0 Å². The molecule has 0 radical (unpaired) electrons. The molecule has 2 aromatic heterocycles. The largest absolute Gasteiger partial charge is 0.456 e. The van der Waals surface area contributed by atoms with E-state index in [4.69, 9.17) is 21.3 Å². The number of carbonyl (C=O) groups excluding carboxylic acids is 1. The van der Waals surface area contributed by atoms with Crippen molar-refractivity contribution < 1.29 is 9.21 Å². The molecule has 6 nitrogen and oxygen atoms in total. The molecule has 0 spiro atoms. The fourth-order valence-electron chi connectivity index (χ4n) is 2.15. The lowest BCUT2D eigenvalue weighted by Gasteiger charge is -1.98. The first-order chi connectivity index (χ1) is 11.6. The third kappa shape index (κ3) is 3.30. The molecular weight excluding hydrogens is 348 g/mol. The van der Waals surface area contributed by atoms with Crippen LogP contribution >= 0.6 is 23.1 Å². The number of nitriles is 1. The molecule has 1 amide bonds. The van der Waals surface area contributed by atoms with E-state index in [1.54, 1.807) is 31.2 Å². The zero-order chi connectivity index (χ0) is 17.1. The van der Waals surface area contributed by atoms with Crippen molar-refractivity contribution in [1.29, 1.82) is 5.26 Å². The average Bonchev–Trinajstić information content (AvgIpc) is 3.21. The van der Waals surface area contributed by atoms with E-state index >= 15 is 0 Å². The standard InChI is InChI=1S/C16H11ClN4O2S/c1-9-12(11-4-2-3-10(5-11)8-18)6-13(23-9)15(22)20-16-19-14(7-17)21-24-16/h2-6H,7H2,1H3,(H,19,20,21,22). The second kappa shape index (κ2) is 6.83. The van der Waals surface area contributed by atoms with Gasteiger partial charge in [0.2, 0.25) is 5.13 Å². The third-order valence-corrected chi connectivity index (χ3v) is 4.16. The highest BCUT2D eigenvalue weighted by atomic mass is 35.5. The van der Waals surface area contributed by atoms with Gasteiger partial charge in [-0.25, -0.2) is 4.98 Å². The molecule has 120 valence electrons. The van der Waals surface area contributed by atoms with Gasteiger partial charge in [0.05, 0.1) is 17.5 Å². The first-order valence-corrected chi connectivity index (χ1v) is 8.22. The summed E-state index contributed by atoms with van der Waals surface area (Å²) in [7, 11) is 0. The minimum absolute atomic E-state index is 0.160. The van der Waals surface area contributed by atoms with Crippen molar-refractivity contribution in [2.24, 2.45) is 0 Å². The predicted octanol–water partition coefficient (Wildman–Crippen LogP) is 3.97. The number of furan rings is 1. The second-order valence-electron chi connectivity index (χ2n) is 4.88. The summed E-state index contributed by atoms with van der Waals surface area (Å²) in [4.78, 5) is 16.4. The summed E-state index contributed by atoms with van der Waals surface area (Å²) in [5.41, 5.74) is 2.12. The lowest BCUT2D eigenvalue weighted by atomic mass is 10.0. The quantitative estimate of drug-likeness (QED) is 0.712. The van der Waals surface area contributed by atoms with Crippen molar-refractivity contribution in [2.45, 2.75) is 12.8 Å². The first kappa shape index (κ1) is 16.2. The number of hydrogen-bond acceptors (Lipinski definition) is 6. The van der Waals surface area contributed by atoms with Gasteiger partial charge in [-0.05, 0) is 30.7 Å². The second-order valence-corrected chi connectivity index (χ2v) is 5.90. The number of carbonyl (C=O) groups is 1. The number of alkyl halides is 1. The van der Waals surface area contributed by atoms with E-state index in [-0.39, 0.29) is 11.6 Å². The fourth-order valence-corrected chi connectivity index (χ4v) is 2.93. The van der Waals surface area contributed by atoms with Crippen LogP contribution < -0.4 is 5.32 Å². The minimum atomic E-state index is -0.418. The number of anilines is 1. The zero-order valence-electron chi connectivity index (χ0n) is 12.5. The summed E-state index contributed by atoms with van der Waals surface area (Å²) in [6.45, 7) is 1.77. The Kier molecular flexibility index (Phi) is 4.60. The molecule has 0 aliphatic rings. The van der Waals surface area contributed by atoms with Crippen molar-refractivity contribution in [3.05, 3.63) is 53.2 Å². The summed E-state index contributed by atoms with van der Waals surface area (Å²) in [5, 5.41) is 12.0. The van der Waals surface area contributed by atoms with Crippen molar-refractivity contribution in [1.82, 2.24) is 9.36 Å². The third-order valence-electron chi connectivity index (χ3n) is 3.25. The topological polar surface area (TPSA) is 91.8 Å². The maximum absolute atomic E-state index is 12.3. The number of benzene rings is 1. The fraction of sp³-hybridized carbons (Fsp3) is 0.125. The van der Waals surface area contributed by atoms with Crippen LogP contribution in [0.15, 0.2) is 34.7 Å². The molecule has 3 aromatic rings. The van der Waals surface area contributed by atoms with Crippen molar-refractivity contribution in [2.75, 3.05) is 5.32 Å². The molecule has 0 unspecified atom stereocenters. The number of aryl methyl sites for hydroxylation is 1. The van der Waals surface area contributed by atoms with Crippen LogP contribution in [0.3, 0.4) is 0 Å². The molecule has 2 heterocycles. The molecule has 0 aliphatic carbocycles. The van der Waals surface area contributed by atoms with Gasteiger partial charge in [0, 0.05) is 17.1 Å². The van der Waals surface area contributed by atoms with Gasteiger partial charge in [-0.2, -0.15) is 9.64 Å². The Morgan fingerprint density at radius 3 is 3.00 bits per heavy atom. The lowest BCUT2D eigenvalue weighted by molar-refractivity contribution is 0.0995. The summed E-state index contributed by atoms with van der Waals surface area (Å²) < 4.78 is 9.54. The highest BCUT2D eigenvalue weighted by Gasteiger charge is 2.17. The monoisotopic (exact) mass is 358 g/mol. The van der Waals surface area contributed by atoms with Gasteiger partial charge in [-0.15, -0.1) is 11.6 Å². The van der Waals surface area contributed by atoms with Crippen LogP contribution in [0.4, 0.5) is 5.13 Å². The smallest absolute Gasteiger partial charge is 0.293 e. The molecule has 0 fully saturated rings. The van der Waals surface area contributed by atoms with Gasteiger partial charge in [0.1, 0.15) is 5.76 Å². The maximum Gasteiger partial charge on any atom is 0.293 e. The minimum Gasteiger partial charge on any atom is -0.456 e. The lowest BCUT2D eigenvalue weighted by Crippen LogP contribution is -2.10. The Bertz CT molecular complexity index is 942. The molecule has 0 bridgehead atoms. The van der Waals surface area contributed by atoms with Gasteiger partial charge < -0.3 is 4.42 Å². The van der Waals surface area contributed by atoms with Crippen LogP contribution in [0.5, 0.6) is 0 Å². The number of amides is 1. The molecule has 8 heteroatoms. The number of aromatic nitrogens is 2. The van der Waals surface area contributed by atoms with Crippen molar-refractivity contribution >= 4 is 34.2 Å². The van der Waals surface area contributed by atoms with Crippen LogP contribution in [-0.4, -0.2) is 15.3 Å². The van der Waals surface area contributed by atoms with Gasteiger partial charge in [-0.3, -0.25) is 10.1 Å². The average molecular weight is 359 g/mol. The van der Waals surface area contributed by atoms with E-state index in [9.17, 15) is 4.79 Å². The number of hydrogen-bond donors (Lipinski definition) is 1. The molecule has 24 heavy (non-hydrogen) atoms. The normalized spacial score (nSPS) is 10.4. The van der Waals surface area contributed by atoms with E-state index in [1.807, 2.05) is 6.07 Å².